The average Bonchev–Trinajstić information content (AvgIpc) is 2.39. The molecule has 0 atom stereocenters. The number of hydrogen-bond donors (Lipinski definition) is 3. The molecule has 0 aliphatic heterocycles. The minimum Gasteiger partial charge on any atom is -0.325 e. The molecule has 1 aromatic rings. The average molecular weight is 281 g/mol. The molecule has 6 nitrogen and oxygen atoms in total. The van der Waals surface area contributed by atoms with Crippen molar-refractivity contribution in [2.24, 2.45) is 0 Å². The number of rotatable bonds is 6. The minimum absolute atomic E-state index is 0.0980. The molecule has 19 heavy (non-hydrogen) atoms. The Morgan fingerprint density at radius 2 is 1.95 bits per heavy atom. The van der Waals surface area contributed by atoms with Crippen molar-refractivity contribution in [3.63, 3.8) is 0 Å². The van der Waals surface area contributed by atoms with E-state index in [0.717, 1.165) is 0 Å². The van der Waals surface area contributed by atoms with E-state index in [1.54, 1.807) is 0 Å². The molecule has 0 bridgehead atoms. The number of nitrogens with one attached hydrogen (secondary N) is 3. The maximum absolute atomic E-state index is 11.5. The highest BCUT2D eigenvalue weighted by molar-refractivity contribution is 7.89. The maximum atomic E-state index is 11.5. The second kappa shape index (κ2) is 6.89. The Hall–Kier alpha value is -1.88. The third-order valence-corrected chi connectivity index (χ3v) is 3.66. The molecule has 0 aliphatic rings. The first-order valence-corrected chi connectivity index (χ1v) is 6.95. The molecule has 0 spiro atoms. The van der Waals surface area contributed by atoms with Crippen LogP contribution in [0.4, 0.5) is 5.69 Å². The molecule has 1 rings (SSSR count). The van der Waals surface area contributed by atoms with Crippen LogP contribution in [0.5, 0.6) is 0 Å². The Bertz CT molecular complexity index is 573. The van der Waals surface area contributed by atoms with Crippen molar-refractivity contribution in [1.29, 1.82) is 0 Å². The third kappa shape index (κ3) is 4.71. The van der Waals surface area contributed by atoms with Crippen molar-refractivity contribution in [2.75, 3.05) is 25.5 Å². The van der Waals surface area contributed by atoms with Crippen LogP contribution in [-0.4, -0.2) is 34.5 Å². The van der Waals surface area contributed by atoms with Gasteiger partial charge in [0.05, 0.1) is 18.0 Å². The van der Waals surface area contributed by atoms with Gasteiger partial charge in [0.1, 0.15) is 0 Å². The predicted molar refractivity (Wildman–Crippen MR) is 73.0 cm³/mol. The Kier molecular flexibility index (Phi) is 5.51. The minimum atomic E-state index is -3.46. The van der Waals surface area contributed by atoms with E-state index in [9.17, 15) is 13.2 Å². The zero-order valence-electron chi connectivity index (χ0n) is 10.4. The van der Waals surface area contributed by atoms with E-state index in [1.165, 1.54) is 31.3 Å². The second-order valence-corrected chi connectivity index (χ2v) is 5.47. The molecule has 0 saturated heterocycles. The van der Waals surface area contributed by atoms with E-state index in [2.05, 4.69) is 21.3 Å². The normalized spacial score (nSPS) is 10.7. The quantitative estimate of drug-likeness (QED) is 0.496. The molecule has 102 valence electrons. The third-order valence-electron chi connectivity index (χ3n) is 2.23. The summed E-state index contributed by atoms with van der Waals surface area (Å²) in [5, 5.41) is 5.36. The predicted octanol–water partition coefficient (Wildman–Crippen LogP) is -0.244. The summed E-state index contributed by atoms with van der Waals surface area (Å²) in [7, 11) is -2.12. The van der Waals surface area contributed by atoms with Gasteiger partial charge in [-0.15, -0.1) is 6.42 Å². The van der Waals surface area contributed by atoms with E-state index in [-0.39, 0.29) is 17.3 Å². The molecule has 0 aromatic heterocycles. The van der Waals surface area contributed by atoms with Crippen LogP contribution >= 0.6 is 0 Å². The van der Waals surface area contributed by atoms with Gasteiger partial charge in [-0.1, -0.05) is 5.92 Å². The van der Waals surface area contributed by atoms with Crippen LogP contribution in [0.1, 0.15) is 0 Å². The molecule has 7 heteroatoms. The summed E-state index contributed by atoms with van der Waals surface area (Å²) in [6, 6.07) is 5.86. The summed E-state index contributed by atoms with van der Waals surface area (Å²) >= 11 is 0. The molecule has 1 amide bonds. The number of hydrogen-bond acceptors (Lipinski definition) is 4. The summed E-state index contributed by atoms with van der Waals surface area (Å²) in [4.78, 5) is 11.6. The monoisotopic (exact) mass is 281 g/mol. The number of carbonyl (C=O) groups excluding carboxylic acids is 1. The molecular formula is C12H15N3O3S. The highest BCUT2D eigenvalue weighted by atomic mass is 32.2. The topological polar surface area (TPSA) is 87.3 Å². The van der Waals surface area contributed by atoms with Crippen molar-refractivity contribution in [3.05, 3.63) is 24.3 Å². The van der Waals surface area contributed by atoms with Gasteiger partial charge in [-0.3, -0.25) is 10.1 Å². The Morgan fingerprint density at radius 3 is 2.47 bits per heavy atom. The van der Waals surface area contributed by atoms with Crippen molar-refractivity contribution >= 4 is 21.6 Å². The molecule has 0 heterocycles. The van der Waals surface area contributed by atoms with Gasteiger partial charge < -0.3 is 5.32 Å². The lowest BCUT2D eigenvalue weighted by molar-refractivity contribution is -0.115. The van der Waals surface area contributed by atoms with Crippen LogP contribution in [0.15, 0.2) is 29.2 Å². The lowest BCUT2D eigenvalue weighted by Crippen LogP contribution is -2.28. The molecule has 3 N–H and O–H groups in total. The van der Waals surface area contributed by atoms with Crippen LogP contribution in [0.3, 0.4) is 0 Å². The smallest absolute Gasteiger partial charge is 0.240 e. The van der Waals surface area contributed by atoms with Gasteiger partial charge >= 0.3 is 0 Å². The van der Waals surface area contributed by atoms with Crippen molar-refractivity contribution in [2.45, 2.75) is 4.90 Å². The van der Waals surface area contributed by atoms with Crippen LogP contribution in [0.25, 0.3) is 0 Å². The molecule has 0 unspecified atom stereocenters. The summed E-state index contributed by atoms with van der Waals surface area (Å²) in [5.74, 6) is 2.10. The van der Waals surface area contributed by atoms with Gasteiger partial charge in [-0.05, 0) is 31.3 Å². The van der Waals surface area contributed by atoms with Gasteiger partial charge in [0, 0.05) is 5.69 Å². The van der Waals surface area contributed by atoms with Gasteiger partial charge in [0.15, 0.2) is 0 Å². The SMILES string of the molecule is C#CCNCC(=O)Nc1ccc(S(=O)(=O)NC)cc1. The van der Waals surface area contributed by atoms with Crippen LogP contribution in [0.2, 0.25) is 0 Å². The number of benzene rings is 1. The molecule has 0 radical (unpaired) electrons. The van der Waals surface area contributed by atoms with Crippen molar-refractivity contribution < 1.29 is 13.2 Å². The first-order valence-electron chi connectivity index (χ1n) is 5.47. The fourth-order valence-corrected chi connectivity index (χ4v) is 2.02. The second-order valence-electron chi connectivity index (χ2n) is 3.59. The first kappa shape index (κ1) is 15.2. The van der Waals surface area contributed by atoms with Crippen LogP contribution < -0.4 is 15.4 Å². The van der Waals surface area contributed by atoms with E-state index >= 15 is 0 Å². The fraction of sp³-hybridized carbons (Fsp3) is 0.250. The lowest BCUT2D eigenvalue weighted by Gasteiger charge is -2.07. The van der Waals surface area contributed by atoms with E-state index < -0.39 is 10.0 Å². The highest BCUT2D eigenvalue weighted by Gasteiger charge is 2.10. The molecule has 0 saturated carbocycles. The number of sulfonamides is 1. The highest BCUT2D eigenvalue weighted by Crippen LogP contribution is 2.13. The van der Waals surface area contributed by atoms with E-state index in [1.807, 2.05) is 0 Å². The fourth-order valence-electron chi connectivity index (χ4n) is 1.29. The first-order chi connectivity index (χ1) is 8.99. The zero-order chi connectivity index (χ0) is 14.3. The summed E-state index contributed by atoms with van der Waals surface area (Å²) < 4.78 is 25.2. The Morgan fingerprint density at radius 1 is 1.32 bits per heavy atom. The number of carbonyl (C=O) groups is 1. The standard InChI is InChI=1S/C12H15N3O3S/c1-3-8-14-9-12(16)15-10-4-6-11(7-5-10)19(17,18)13-2/h1,4-7,13-14H,8-9H2,2H3,(H,15,16). The zero-order valence-corrected chi connectivity index (χ0v) is 11.3. The number of amides is 1. The van der Waals surface area contributed by atoms with Gasteiger partial charge in [-0.25, -0.2) is 13.1 Å². The molecular weight excluding hydrogens is 266 g/mol. The van der Waals surface area contributed by atoms with Gasteiger partial charge in [-0.2, -0.15) is 0 Å². The lowest BCUT2D eigenvalue weighted by atomic mass is 10.3. The molecule has 0 fully saturated rings. The Balaban J connectivity index is 2.63. The van der Waals surface area contributed by atoms with Crippen LogP contribution in [-0.2, 0) is 14.8 Å². The molecule has 1 aromatic carbocycles. The van der Waals surface area contributed by atoms with Crippen LogP contribution in [0, 0.1) is 12.3 Å². The van der Waals surface area contributed by atoms with Crippen molar-refractivity contribution in [1.82, 2.24) is 10.0 Å². The van der Waals surface area contributed by atoms with Gasteiger partial charge in [0.2, 0.25) is 15.9 Å². The van der Waals surface area contributed by atoms with E-state index in [4.69, 9.17) is 6.42 Å². The largest absolute Gasteiger partial charge is 0.325 e. The summed E-state index contributed by atoms with van der Waals surface area (Å²) in [5.41, 5.74) is 0.516. The van der Waals surface area contributed by atoms with Crippen molar-refractivity contribution in [3.8, 4) is 12.3 Å². The summed E-state index contributed by atoms with van der Waals surface area (Å²) in [6.07, 6.45) is 5.03. The molecule has 0 aliphatic carbocycles. The van der Waals surface area contributed by atoms with E-state index in [0.29, 0.717) is 12.2 Å². The maximum Gasteiger partial charge on any atom is 0.240 e. The number of terminal acetylenes is 1. The Labute approximate surface area is 112 Å². The summed E-state index contributed by atoms with van der Waals surface area (Å²) in [6.45, 7) is 0.410. The van der Waals surface area contributed by atoms with Gasteiger partial charge in [0.25, 0.3) is 0 Å². The number of anilines is 1.